The zero-order valence-electron chi connectivity index (χ0n) is 5.75. The van der Waals surface area contributed by atoms with Gasteiger partial charge in [-0.3, -0.25) is 0 Å². The third-order valence-electron chi connectivity index (χ3n) is 0.140. The van der Waals surface area contributed by atoms with Crippen LogP contribution in [0.2, 0.25) is 0 Å². The van der Waals surface area contributed by atoms with Crippen molar-refractivity contribution in [2.24, 2.45) is 0 Å². The molecule has 0 aromatic rings. The second-order valence-electron chi connectivity index (χ2n) is 0.740. The van der Waals surface area contributed by atoms with E-state index in [9.17, 15) is 9.13 Å². The molecule has 0 rings (SSSR count). The van der Waals surface area contributed by atoms with Crippen molar-refractivity contribution in [1.82, 2.24) is 0 Å². The Morgan fingerprint density at radius 3 is 1.45 bits per heavy atom. The molecule has 0 spiro atoms. The van der Waals surface area contributed by atoms with Gasteiger partial charge in [-0.05, 0) is 0 Å². The maximum Gasteiger partial charge on any atom is 0.745 e. The van der Waals surface area contributed by atoms with Gasteiger partial charge in [0.15, 0.2) is 4.31 Å². The molecule has 59 valence electrons. The van der Waals surface area contributed by atoms with Crippen molar-refractivity contribution in [3.05, 3.63) is 12.8 Å². The van der Waals surface area contributed by atoms with Gasteiger partial charge in [0, 0.05) is 60.5 Å². The van der Waals surface area contributed by atoms with Crippen LogP contribution in [0.1, 0.15) is 0 Å². The molecule has 1 radical (unpaired) electrons. The smallest absolute Gasteiger partial charge is 0.516 e. The van der Waals surface area contributed by atoms with E-state index in [0.29, 0.717) is 0 Å². The number of hydrogen-bond acceptors (Lipinski definition) is 4. The average molecular weight is 227 g/mol. The SMILES string of the molecule is C=CO.O=[P+](O)O[P+](=O)O.[K]. The fourth-order valence-electron chi connectivity index (χ4n) is 0.0598. The second-order valence-corrected chi connectivity index (χ2v) is 2.34. The Bertz CT molecular complexity index is 125. The fraction of sp³-hybridized carbons (Fsp3) is 0. The minimum atomic E-state index is -2.92. The maximum absolute atomic E-state index is 9.39. The Hall–Kier alpha value is 1.26. The third kappa shape index (κ3) is 34.9. The van der Waals surface area contributed by atoms with E-state index in [0.717, 1.165) is 6.26 Å². The molecule has 0 aliphatic heterocycles. The molecular formula is C2H6KO6P2+2. The Morgan fingerprint density at radius 1 is 1.27 bits per heavy atom. The van der Waals surface area contributed by atoms with Crippen LogP contribution in [0, 0.1) is 0 Å². The number of aliphatic hydroxyl groups is 1. The molecule has 0 heterocycles. The van der Waals surface area contributed by atoms with Gasteiger partial charge in [-0.25, -0.2) is 0 Å². The van der Waals surface area contributed by atoms with Crippen LogP contribution in [0.25, 0.3) is 0 Å². The first-order chi connectivity index (χ1) is 4.54. The summed E-state index contributed by atoms with van der Waals surface area (Å²) >= 11 is 0. The van der Waals surface area contributed by atoms with Gasteiger partial charge in [0.05, 0.1) is 6.26 Å². The van der Waals surface area contributed by atoms with Crippen LogP contribution in [0.5, 0.6) is 0 Å². The third-order valence-corrected chi connectivity index (χ3v) is 1.26. The first-order valence-corrected chi connectivity index (χ1v) is 4.06. The molecular weight excluding hydrogens is 221 g/mol. The quantitative estimate of drug-likeness (QED) is 0.362. The van der Waals surface area contributed by atoms with Gasteiger partial charge >= 0.3 is 16.5 Å². The van der Waals surface area contributed by atoms with E-state index in [1.807, 2.05) is 0 Å². The topological polar surface area (TPSA) is 104 Å². The minimum Gasteiger partial charge on any atom is -0.516 e. The van der Waals surface area contributed by atoms with Crippen LogP contribution in [0.3, 0.4) is 0 Å². The van der Waals surface area contributed by atoms with Crippen molar-refractivity contribution in [3.63, 3.8) is 0 Å². The van der Waals surface area contributed by atoms with Crippen LogP contribution < -0.4 is 0 Å². The fourth-order valence-corrected chi connectivity index (χ4v) is 0.538. The van der Waals surface area contributed by atoms with E-state index in [1.54, 1.807) is 0 Å². The molecule has 0 aromatic heterocycles. The van der Waals surface area contributed by atoms with Crippen LogP contribution in [0.15, 0.2) is 12.8 Å². The summed E-state index contributed by atoms with van der Waals surface area (Å²) in [5.41, 5.74) is 0. The van der Waals surface area contributed by atoms with Crippen molar-refractivity contribution in [2.45, 2.75) is 0 Å². The van der Waals surface area contributed by atoms with Crippen LogP contribution in [-0.2, 0) is 13.4 Å². The van der Waals surface area contributed by atoms with Gasteiger partial charge < -0.3 is 5.11 Å². The largest absolute Gasteiger partial charge is 0.745 e. The molecule has 3 N–H and O–H groups in total. The second kappa shape index (κ2) is 13.8. The number of rotatable bonds is 2. The molecule has 2 atom stereocenters. The zero-order valence-corrected chi connectivity index (χ0v) is 10.7. The van der Waals surface area contributed by atoms with E-state index in [2.05, 4.69) is 10.9 Å². The van der Waals surface area contributed by atoms with Crippen molar-refractivity contribution >= 4 is 67.9 Å². The molecule has 9 heteroatoms. The minimum absolute atomic E-state index is 0. The molecule has 0 bridgehead atoms. The van der Waals surface area contributed by atoms with Crippen LogP contribution in [0.4, 0.5) is 0 Å². The normalized spacial score (nSPS) is 9.64. The first kappa shape index (κ1) is 18.1. The molecule has 0 aliphatic rings. The summed E-state index contributed by atoms with van der Waals surface area (Å²) in [6.45, 7) is 2.92. The van der Waals surface area contributed by atoms with E-state index >= 15 is 0 Å². The van der Waals surface area contributed by atoms with Gasteiger partial charge in [-0.15, -0.1) is 9.79 Å². The standard InChI is InChI=1S/C2H4O.K.O5P2/c1-2-3;;1-6(2)5-7(3)4/h2-3H,1H2;;/p+2. The monoisotopic (exact) mass is 227 g/mol. The van der Waals surface area contributed by atoms with E-state index in [1.165, 1.54) is 0 Å². The Balaban J connectivity index is -0.000000140. The number of hydrogen-bond donors (Lipinski definition) is 3. The van der Waals surface area contributed by atoms with Gasteiger partial charge in [-0.1, -0.05) is 6.58 Å². The maximum atomic E-state index is 9.39. The predicted octanol–water partition coefficient (Wildman–Crippen LogP) is 0.609. The first-order valence-electron chi connectivity index (χ1n) is 1.80. The van der Waals surface area contributed by atoms with Crippen molar-refractivity contribution < 1.29 is 28.3 Å². The summed E-state index contributed by atoms with van der Waals surface area (Å²) in [5, 5.41) is 7.33. The summed E-state index contributed by atoms with van der Waals surface area (Å²) in [4.78, 5) is 15.3. The van der Waals surface area contributed by atoms with Crippen molar-refractivity contribution in [1.29, 1.82) is 0 Å². The summed E-state index contributed by atoms with van der Waals surface area (Å²) in [7, 11) is -5.85. The zero-order chi connectivity index (χ0) is 8.57. The van der Waals surface area contributed by atoms with Crippen LogP contribution in [-0.4, -0.2) is 66.3 Å². The number of aliphatic hydroxyl groups excluding tert-OH is 1. The molecule has 0 saturated heterocycles. The van der Waals surface area contributed by atoms with Crippen LogP contribution >= 0.6 is 16.5 Å². The summed E-state index contributed by atoms with van der Waals surface area (Å²) in [6.07, 6.45) is 0.750. The summed E-state index contributed by atoms with van der Waals surface area (Å²) in [6, 6.07) is 0. The Labute approximate surface area is 108 Å². The molecule has 2 unspecified atom stereocenters. The molecule has 0 amide bonds. The molecule has 0 saturated carbocycles. The van der Waals surface area contributed by atoms with E-state index in [-0.39, 0.29) is 51.4 Å². The van der Waals surface area contributed by atoms with E-state index < -0.39 is 16.5 Å². The molecule has 6 nitrogen and oxygen atoms in total. The molecule has 11 heavy (non-hydrogen) atoms. The summed E-state index contributed by atoms with van der Waals surface area (Å²) in [5.74, 6) is 0. The Morgan fingerprint density at radius 2 is 1.45 bits per heavy atom. The van der Waals surface area contributed by atoms with E-state index in [4.69, 9.17) is 14.9 Å². The molecule has 0 aromatic carbocycles. The van der Waals surface area contributed by atoms with Gasteiger partial charge in [0.2, 0.25) is 0 Å². The predicted molar refractivity (Wildman–Crippen MR) is 39.3 cm³/mol. The van der Waals surface area contributed by atoms with Crippen molar-refractivity contribution in [2.75, 3.05) is 0 Å². The average Bonchev–Trinajstić information content (AvgIpc) is 1.62. The summed E-state index contributed by atoms with van der Waals surface area (Å²) < 4.78 is 22.2. The van der Waals surface area contributed by atoms with Gasteiger partial charge in [0.25, 0.3) is 0 Å². The molecule has 0 fully saturated rings. The van der Waals surface area contributed by atoms with Gasteiger partial charge in [-0.2, -0.15) is 0 Å². The Kier molecular flexibility index (Phi) is 22.8. The molecule has 0 aliphatic carbocycles. The van der Waals surface area contributed by atoms with Gasteiger partial charge in [0.1, 0.15) is 0 Å². The van der Waals surface area contributed by atoms with Crippen molar-refractivity contribution in [3.8, 4) is 0 Å².